The van der Waals surface area contributed by atoms with Crippen LogP contribution >= 0.6 is 12.4 Å². The van der Waals surface area contributed by atoms with E-state index < -0.39 is 0 Å². The van der Waals surface area contributed by atoms with Crippen LogP contribution in [-0.2, 0) is 0 Å². The van der Waals surface area contributed by atoms with Crippen molar-refractivity contribution < 1.29 is 4.79 Å². The zero-order chi connectivity index (χ0) is 23.9. The highest BCUT2D eigenvalue weighted by atomic mass is 35.5. The van der Waals surface area contributed by atoms with E-state index in [1.165, 1.54) is 6.42 Å². The van der Waals surface area contributed by atoms with E-state index >= 15 is 0 Å². The second-order valence-corrected chi connectivity index (χ2v) is 9.67. The minimum atomic E-state index is 0. The van der Waals surface area contributed by atoms with Crippen LogP contribution in [0.1, 0.15) is 26.7 Å². The summed E-state index contributed by atoms with van der Waals surface area (Å²) in [5.74, 6) is 1.63. The minimum absolute atomic E-state index is 0. The molecule has 2 atom stereocenters. The monoisotopic (exact) mass is 507 g/mol. The van der Waals surface area contributed by atoms with Crippen LogP contribution in [0.2, 0.25) is 0 Å². The molecule has 0 bridgehead atoms. The molecule has 36 heavy (non-hydrogen) atoms. The van der Waals surface area contributed by atoms with Gasteiger partial charge in [0.15, 0.2) is 11.5 Å². The Morgan fingerprint density at radius 1 is 1.14 bits per heavy atom. The number of hydrogen-bond acceptors (Lipinski definition) is 6. The number of aromatic amines is 1. The number of fused-ring (bicyclic) bond motifs is 1. The molecule has 3 aromatic heterocycles. The van der Waals surface area contributed by atoms with E-state index in [0.29, 0.717) is 23.6 Å². The highest BCUT2D eigenvalue weighted by Gasteiger charge is 2.41. The molecule has 2 N–H and O–H groups in total. The predicted octanol–water partition coefficient (Wildman–Crippen LogP) is 3.62. The van der Waals surface area contributed by atoms with Gasteiger partial charge >= 0.3 is 6.03 Å². The fraction of sp³-hybridized carbons (Fsp3) is 0.400. The van der Waals surface area contributed by atoms with Gasteiger partial charge in [0.1, 0.15) is 12.1 Å². The second kappa shape index (κ2) is 9.87. The summed E-state index contributed by atoms with van der Waals surface area (Å²) in [5.41, 5.74) is 3.55. The van der Waals surface area contributed by atoms with E-state index in [1.807, 2.05) is 52.5 Å². The molecule has 0 radical (unpaired) electrons. The van der Waals surface area contributed by atoms with E-state index in [0.717, 1.165) is 48.4 Å². The van der Waals surface area contributed by atoms with Gasteiger partial charge in [-0.15, -0.1) is 12.4 Å². The number of nitrogens with zero attached hydrogens (tertiary/aromatic N) is 7. The van der Waals surface area contributed by atoms with E-state index in [2.05, 4.69) is 39.4 Å². The van der Waals surface area contributed by atoms with Gasteiger partial charge in [-0.3, -0.25) is 10.00 Å². The van der Waals surface area contributed by atoms with Gasteiger partial charge in [-0.05, 0) is 36.9 Å². The van der Waals surface area contributed by atoms with Crippen LogP contribution in [0.5, 0.6) is 0 Å². The Kier molecular flexibility index (Phi) is 6.63. The maximum Gasteiger partial charge on any atom is 0.326 e. The summed E-state index contributed by atoms with van der Waals surface area (Å²) in [6.07, 6.45) is 7.56. The van der Waals surface area contributed by atoms with Gasteiger partial charge in [-0.25, -0.2) is 19.3 Å². The zero-order valence-electron chi connectivity index (χ0n) is 20.3. The molecule has 2 aliphatic heterocycles. The molecular weight excluding hydrogens is 478 g/mol. The molecule has 0 aliphatic carbocycles. The number of carbonyl (C=O) groups excluding carboxylic acids is 1. The third-order valence-corrected chi connectivity index (χ3v) is 7.06. The van der Waals surface area contributed by atoms with E-state index in [1.54, 1.807) is 10.8 Å². The van der Waals surface area contributed by atoms with Gasteiger partial charge in [0.25, 0.3) is 0 Å². The van der Waals surface area contributed by atoms with Crippen molar-refractivity contribution in [1.29, 1.82) is 0 Å². The van der Waals surface area contributed by atoms with Crippen molar-refractivity contribution in [1.82, 2.24) is 40.0 Å². The molecule has 10 nitrogen and oxygen atoms in total. The van der Waals surface area contributed by atoms with E-state index in [9.17, 15) is 4.79 Å². The molecule has 2 unspecified atom stereocenters. The Hall–Kier alpha value is -3.50. The van der Waals surface area contributed by atoms with Crippen molar-refractivity contribution in [2.24, 2.45) is 5.92 Å². The van der Waals surface area contributed by atoms with Crippen LogP contribution in [-0.4, -0.2) is 72.4 Å². The number of amides is 2. The van der Waals surface area contributed by atoms with Gasteiger partial charge in [0, 0.05) is 36.5 Å². The lowest BCUT2D eigenvalue weighted by molar-refractivity contribution is 0.215. The van der Waals surface area contributed by atoms with Crippen LogP contribution in [0.15, 0.2) is 49.1 Å². The van der Waals surface area contributed by atoms with Crippen LogP contribution in [0, 0.1) is 5.92 Å². The Labute approximate surface area is 215 Å². The average Bonchev–Trinajstić information content (AvgIpc) is 3.67. The number of hydrogen-bond donors (Lipinski definition) is 2. The number of anilines is 1. The quantitative estimate of drug-likeness (QED) is 0.412. The number of rotatable bonds is 6. The number of halogens is 1. The van der Waals surface area contributed by atoms with Gasteiger partial charge < -0.3 is 10.2 Å². The number of benzene rings is 1. The normalized spacial score (nSPS) is 20.0. The van der Waals surface area contributed by atoms with Gasteiger partial charge in [0.05, 0.1) is 12.2 Å². The Bertz CT molecular complexity index is 1330. The van der Waals surface area contributed by atoms with Crippen LogP contribution in [0.25, 0.3) is 28.2 Å². The minimum Gasteiger partial charge on any atom is -0.321 e. The van der Waals surface area contributed by atoms with Crippen molar-refractivity contribution in [3.05, 3.63) is 49.1 Å². The van der Waals surface area contributed by atoms with Crippen molar-refractivity contribution in [3.8, 4) is 22.5 Å². The maximum absolute atomic E-state index is 13.5. The number of aromatic nitrogens is 6. The largest absolute Gasteiger partial charge is 0.326 e. The van der Waals surface area contributed by atoms with Crippen molar-refractivity contribution >= 4 is 29.9 Å². The molecule has 1 aromatic carbocycles. The fourth-order valence-corrected chi connectivity index (χ4v) is 5.13. The lowest BCUT2D eigenvalue weighted by Crippen LogP contribution is -2.41. The lowest BCUT2D eigenvalue weighted by atomic mass is 10.0. The molecular formula is C25H30ClN9O. The first kappa shape index (κ1) is 24.2. The summed E-state index contributed by atoms with van der Waals surface area (Å²) in [4.78, 5) is 26.6. The van der Waals surface area contributed by atoms with Gasteiger partial charge in [-0.1, -0.05) is 38.1 Å². The van der Waals surface area contributed by atoms with Gasteiger partial charge in [-0.2, -0.15) is 10.2 Å². The SMILES string of the molecule is CC(C)C1CN(CC2CCCN2)C(=O)N1c1ccn2ncc(-c3ccc(-c4nc[nH]n4)cc3)c2n1.Cl. The van der Waals surface area contributed by atoms with Crippen LogP contribution < -0.4 is 10.2 Å². The second-order valence-electron chi connectivity index (χ2n) is 9.67. The van der Waals surface area contributed by atoms with Crippen molar-refractivity contribution in [3.63, 3.8) is 0 Å². The molecule has 0 saturated carbocycles. The first-order valence-electron chi connectivity index (χ1n) is 12.2. The molecule has 2 saturated heterocycles. The molecule has 6 rings (SSSR count). The molecule has 4 aromatic rings. The number of H-pyrrole nitrogens is 1. The predicted molar refractivity (Wildman–Crippen MR) is 140 cm³/mol. The highest BCUT2D eigenvalue weighted by molar-refractivity contribution is 5.94. The fourth-order valence-electron chi connectivity index (χ4n) is 5.13. The summed E-state index contributed by atoms with van der Waals surface area (Å²) in [7, 11) is 0. The Morgan fingerprint density at radius 2 is 1.94 bits per heavy atom. The molecule has 2 aliphatic rings. The third kappa shape index (κ3) is 4.31. The average molecular weight is 508 g/mol. The number of urea groups is 1. The molecule has 2 amide bonds. The molecule has 0 spiro atoms. The van der Waals surface area contributed by atoms with E-state index in [4.69, 9.17) is 4.98 Å². The molecule has 11 heteroatoms. The smallest absolute Gasteiger partial charge is 0.321 e. The lowest BCUT2D eigenvalue weighted by Gasteiger charge is -2.25. The standard InChI is InChI=1S/C25H29N9O.ClH/c1-16(2)21-14-32(13-19-4-3-10-26-19)25(35)34(21)22-9-11-33-24(30-22)20(12-29-33)17-5-7-18(8-6-17)23-27-15-28-31-23;/h5-9,11-12,15-16,19,21,26H,3-4,10,13-14H2,1-2H3,(H,27,28,31);1H. The number of carbonyl (C=O) groups is 1. The summed E-state index contributed by atoms with van der Waals surface area (Å²) < 4.78 is 1.76. The highest BCUT2D eigenvalue weighted by Crippen LogP contribution is 2.31. The van der Waals surface area contributed by atoms with E-state index in [-0.39, 0.29) is 24.5 Å². The summed E-state index contributed by atoms with van der Waals surface area (Å²) >= 11 is 0. The summed E-state index contributed by atoms with van der Waals surface area (Å²) in [5, 5.41) is 14.9. The molecule has 188 valence electrons. The van der Waals surface area contributed by atoms with Crippen molar-refractivity contribution in [2.45, 2.75) is 38.8 Å². The summed E-state index contributed by atoms with van der Waals surface area (Å²) in [6.45, 7) is 6.83. The van der Waals surface area contributed by atoms with Crippen LogP contribution in [0.4, 0.5) is 10.6 Å². The Morgan fingerprint density at radius 3 is 2.64 bits per heavy atom. The van der Waals surface area contributed by atoms with Crippen molar-refractivity contribution in [2.75, 3.05) is 24.5 Å². The number of nitrogens with one attached hydrogen (secondary N) is 2. The molecule has 2 fully saturated rings. The Balaban J connectivity index is 0.00000267. The van der Waals surface area contributed by atoms with Crippen LogP contribution in [0.3, 0.4) is 0 Å². The first-order valence-corrected chi connectivity index (χ1v) is 12.2. The molecule has 5 heterocycles. The maximum atomic E-state index is 13.5. The summed E-state index contributed by atoms with van der Waals surface area (Å²) in [6, 6.07) is 10.4. The topological polar surface area (TPSA) is 107 Å². The third-order valence-electron chi connectivity index (χ3n) is 7.06. The van der Waals surface area contributed by atoms with Gasteiger partial charge in [0.2, 0.25) is 0 Å². The zero-order valence-corrected chi connectivity index (χ0v) is 21.1. The first-order chi connectivity index (χ1) is 17.1.